The molecule has 122 valence electrons. The van der Waals surface area contributed by atoms with Gasteiger partial charge in [0.05, 0.1) is 27.8 Å². The molecule has 0 bridgehead atoms. The van der Waals surface area contributed by atoms with Gasteiger partial charge in [0.2, 0.25) is 10.0 Å². The van der Waals surface area contributed by atoms with E-state index in [1.165, 1.54) is 18.2 Å². The fraction of sp³-hybridized carbons (Fsp3) is 0.0667. The first kappa shape index (κ1) is 14.7. The first-order valence-corrected chi connectivity index (χ1v) is 8.54. The molecule has 0 atom stereocenters. The van der Waals surface area contributed by atoms with E-state index < -0.39 is 15.8 Å². The van der Waals surface area contributed by atoms with Crippen LogP contribution in [0.5, 0.6) is 0 Å². The highest BCUT2D eigenvalue weighted by atomic mass is 32.2. The zero-order chi connectivity index (χ0) is 16.7. The Balaban J connectivity index is 1.60. The smallest absolute Gasteiger partial charge is 0.408 e. The minimum Gasteiger partial charge on any atom is -0.408 e. The predicted octanol–water partition coefficient (Wildman–Crippen LogP) is 1.48. The lowest BCUT2D eigenvalue weighted by Gasteiger charge is -2.07. The number of oxazole rings is 1. The highest BCUT2D eigenvalue weighted by Crippen LogP contribution is 2.17. The zero-order valence-corrected chi connectivity index (χ0v) is 13.1. The molecule has 24 heavy (non-hydrogen) atoms. The van der Waals surface area contributed by atoms with Gasteiger partial charge in [0.15, 0.2) is 5.58 Å². The SMILES string of the molecule is O=c1[nH]c2ccc(S(=O)(=O)NCc3ccc4nc[nH]c4c3)cc2o1. The topological polar surface area (TPSA) is 121 Å². The first-order valence-electron chi connectivity index (χ1n) is 7.06. The van der Waals surface area contributed by atoms with Gasteiger partial charge in [-0.1, -0.05) is 6.07 Å². The van der Waals surface area contributed by atoms with Gasteiger partial charge in [-0.2, -0.15) is 0 Å². The minimum atomic E-state index is -3.73. The largest absolute Gasteiger partial charge is 0.417 e. The monoisotopic (exact) mass is 344 g/mol. The van der Waals surface area contributed by atoms with Gasteiger partial charge >= 0.3 is 5.76 Å². The molecule has 4 rings (SSSR count). The molecule has 0 unspecified atom stereocenters. The number of aromatic amines is 2. The average molecular weight is 344 g/mol. The molecule has 8 nitrogen and oxygen atoms in total. The van der Waals surface area contributed by atoms with Crippen LogP contribution in [0, 0.1) is 0 Å². The molecule has 0 saturated heterocycles. The van der Waals surface area contributed by atoms with Crippen molar-refractivity contribution >= 4 is 32.2 Å². The molecule has 0 aliphatic heterocycles. The predicted molar refractivity (Wildman–Crippen MR) is 87.0 cm³/mol. The fourth-order valence-electron chi connectivity index (χ4n) is 2.45. The van der Waals surface area contributed by atoms with Crippen molar-refractivity contribution in [1.29, 1.82) is 0 Å². The van der Waals surface area contributed by atoms with E-state index in [0.29, 0.717) is 5.52 Å². The van der Waals surface area contributed by atoms with Gasteiger partial charge in [-0.05, 0) is 29.8 Å². The first-order chi connectivity index (χ1) is 11.5. The van der Waals surface area contributed by atoms with Crippen LogP contribution in [0.3, 0.4) is 0 Å². The van der Waals surface area contributed by atoms with Crippen molar-refractivity contribution in [3.63, 3.8) is 0 Å². The van der Waals surface area contributed by atoms with E-state index >= 15 is 0 Å². The van der Waals surface area contributed by atoms with Crippen LogP contribution < -0.4 is 10.5 Å². The second-order valence-electron chi connectivity index (χ2n) is 5.25. The fourth-order valence-corrected chi connectivity index (χ4v) is 3.48. The number of imidazole rings is 1. The van der Waals surface area contributed by atoms with Crippen molar-refractivity contribution in [3.8, 4) is 0 Å². The summed E-state index contributed by atoms with van der Waals surface area (Å²) in [5, 5.41) is 0. The molecule has 0 aliphatic carbocycles. The third-order valence-electron chi connectivity index (χ3n) is 3.65. The molecule has 3 N–H and O–H groups in total. The Morgan fingerprint density at radius 1 is 1.12 bits per heavy atom. The van der Waals surface area contributed by atoms with E-state index in [2.05, 4.69) is 19.7 Å². The van der Waals surface area contributed by atoms with Crippen LogP contribution in [0.25, 0.3) is 22.1 Å². The Morgan fingerprint density at radius 2 is 2.00 bits per heavy atom. The summed E-state index contributed by atoms with van der Waals surface area (Å²) in [6, 6.07) is 9.67. The van der Waals surface area contributed by atoms with Gasteiger partial charge in [-0.25, -0.2) is 22.9 Å². The van der Waals surface area contributed by atoms with E-state index in [-0.39, 0.29) is 17.0 Å². The van der Waals surface area contributed by atoms with Gasteiger partial charge < -0.3 is 9.40 Å². The maximum absolute atomic E-state index is 12.4. The molecule has 0 aliphatic rings. The summed E-state index contributed by atoms with van der Waals surface area (Å²) in [6.45, 7) is 0.131. The number of hydrogen-bond donors (Lipinski definition) is 3. The number of benzene rings is 2. The van der Waals surface area contributed by atoms with Crippen LogP contribution in [-0.2, 0) is 16.6 Å². The summed E-state index contributed by atoms with van der Waals surface area (Å²) < 4.78 is 32.2. The molecular weight excluding hydrogens is 332 g/mol. The van der Waals surface area contributed by atoms with Crippen LogP contribution in [0.1, 0.15) is 5.56 Å². The molecule has 0 saturated carbocycles. The summed E-state index contributed by atoms with van der Waals surface area (Å²) >= 11 is 0. The number of nitrogens with zero attached hydrogens (tertiary/aromatic N) is 1. The second kappa shape index (κ2) is 5.32. The highest BCUT2D eigenvalue weighted by Gasteiger charge is 2.16. The van der Waals surface area contributed by atoms with Gasteiger partial charge in [-0.3, -0.25) is 4.98 Å². The van der Waals surface area contributed by atoms with E-state index in [0.717, 1.165) is 16.6 Å². The van der Waals surface area contributed by atoms with Crippen LogP contribution >= 0.6 is 0 Å². The van der Waals surface area contributed by atoms with E-state index in [9.17, 15) is 13.2 Å². The normalized spacial score (nSPS) is 12.2. The molecular formula is C15H12N4O4S. The standard InChI is InChI=1S/C15H12N4O4S/c20-15-19-12-4-2-10(6-14(12)23-15)24(21,22)18-7-9-1-3-11-13(5-9)17-8-16-11/h1-6,8,18H,7H2,(H,16,17)(H,19,20). The average Bonchev–Trinajstić information content (AvgIpc) is 3.16. The summed E-state index contributed by atoms with van der Waals surface area (Å²) in [7, 11) is -3.73. The van der Waals surface area contributed by atoms with Gasteiger partial charge in [-0.15, -0.1) is 0 Å². The molecule has 0 spiro atoms. The molecule has 2 aromatic heterocycles. The van der Waals surface area contributed by atoms with E-state index in [4.69, 9.17) is 4.42 Å². The maximum Gasteiger partial charge on any atom is 0.417 e. The molecule has 0 fully saturated rings. The van der Waals surface area contributed by atoms with Gasteiger partial charge in [0, 0.05) is 12.6 Å². The Bertz CT molecular complexity index is 1200. The number of sulfonamides is 1. The Hall–Kier alpha value is -2.91. The molecule has 2 aromatic carbocycles. The van der Waals surface area contributed by atoms with Crippen LogP contribution in [0.2, 0.25) is 0 Å². The van der Waals surface area contributed by atoms with Crippen LogP contribution in [0.4, 0.5) is 0 Å². The quantitative estimate of drug-likeness (QED) is 0.518. The maximum atomic E-state index is 12.4. The Labute approximate surface area is 135 Å². The lowest BCUT2D eigenvalue weighted by molar-refractivity contribution is 0.553. The van der Waals surface area contributed by atoms with Crippen LogP contribution in [0.15, 0.2) is 56.8 Å². The molecule has 2 heterocycles. The molecule has 9 heteroatoms. The van der Waals surface area contributed by atoms with Crippen molar-refractivity contribution in [1.82, 2.24) is 19.7 Å². The van der Waals surface area contributed by atoms with E-state index in [1.54, 1.807) is 12.4 Å². The summed E-state index contributed by atoms with van der Waals surface area (Å²) in [5.74, 6) is -0.625. The number of nitrogens with one attached hydrogen (secondary N) is 3. The van der Waals surface area contributed by atoms with Crippen molar-refractivity contribution in [2.45, 2.75) is 11.4 Å². The Kier molecular flexibility index (Phi) is 3.25. The molecule has 0 radical (unpaired) electrons. The second-order valence-corrected chi connectivity index (χ2v) is 7.02. The molecule has 0 amide bonds. The minimum absolute atomic E-state index is 0.0281. The summed E-state index contributed by atoms with van der Waals surface area (Å²) in [5.41, 5.74) is 3.09. The third kappa shape index (κ3) is 2.59. The van der Waals surface area contributed by atoms with Gasteiger partial charge in [0.1, 0.15) is 0 Å². The molecule has 4 aromatic rings. The lowest BCUT2D eigenvalue weighted by atomic mass is 10.2. The number of rotatable bonds is 4. The van der Waals surface area contributed by atoms with Crippen LogP contribution in [-0.4, -0.2) is 23.4 Å². The van der Waals surface area contributed by atoms with E-state index in [1.807, 2.05) is 12.1 Å². The van der Waals surface area contributed by atoms with Crippen molar-refractivity contribution in [2.24, 2.45) is 0 Å². The van der Waals surface area contributed by atoms with Crippen molar-refractivity contribution in [3.05, 3.63) is 58.8 Å². The Morgan fingerprint density at radius 3 is 2.88 bits per heavy atom. The number of aromatic nitrogens is 3. The highest BCUT2D eigenvalue weighted by molar-refractivity contribution is 7.89. The number of hydrogen-bond acceptors (Lipinski definition) is 5. The lowest BCUT2D eigenvalue weighted by Crippen LogP contribution is -2.23. The number of fused-ring (bicyclic) bond motifs is 2. The number of H-pyrrole nitrogens is 2. The van der Waals surface area contributed by atoms with Gasteiger partial charge in [0.25, 0.3) is 0 Å². The summed E-state index contributed by atoms with van der Waals surface area (Å²) in [6.07, 6.45) is 1.58. The van der Waals surface area contributed by atoms with Crippen molar-refractivity contribution < 1.29 is 12.8 Å². The van der Waals surface area contributed by atoms with Crippen molar-refractivity contribution in [2.75, 3.05) is 0 Å². The zero-order valence-electron chi connectivity index (χ0n) is 12.2. The third-order valence-corrected chi connectivity index (χ3v) is 5.05. The summed E-state index contributed by atoms with van der Waals surface area (Å²) in [4.78, 5) is 20.7.